The highest BCUT2D eigenvalue weighted by molar-refractivity contribution is 5.89. The molecule has 0 bridgehead atoms. The Morgan fingerprint density at radius 2 is 2.11 bits per heavy atom. The molecular formula is C12H14FNO4. The lowest BCUT2D eigenvalue weighted by Gasteiger charge is -2.09. The monoisotopic (exact) mass is 255 g/mol. The summed E-state index contributed by atoms with van der Waals surface area (Å²) in [6, 6.07) is 3.21. The van der Waals surface area contributed by atoms with Gasteiger partial charge < -0.3 is 9.84 Å². The van der Waals surface area contributed by atoms with Gasteiger partial charge in [-0.2, -0.15) is 0 Å². The SMILES string of the molecule is CC(C)COC(=O)Nc1ccc(C(=O)O)cc1F. The average Bonchev–Trinajstić information content (AvgIpc) is 2.29. The van der Waals surface area contributed by atoms with Crippen LogP contribution in [0.3, 0.4) is 0 Å². The van der Waals surface area contributed by atoms with Gasteiger partial charge in [-0.25, -0.2) is 14.0 Å². The van der Waals surface area contributed by atoms with Gasteiger partial charge in [-0.3, -0.25) is 5.32 Å². The normalized spacial score (nSPS) is 10.2. The predicted octanol–water partition coefficient (Wildman–Crippen LogP) is 2.73. The summed E-state index contributed by atoms with van der Waals surface area (Å²) >= 11 is 0. The van der Waals surface area contributed by atoms with Crippen molar-refractivity contribution in [3.05, 3.63) is 29.6 Å². The van der Waals surface area contributed by atoms with E-state index in [-0.39, 0.29) is 23.8 Å². The van der Waals surface area contributed by atoms with Crippen molar-refractivity contribution in [2.45, 2.75) is 13.8 Å². The molecule has 6 heteroatoms. The van der Waals surface area contributed by atoms with Crippen LogP contribution in [0.15, 0.2) is 18.2 Å². The fourth-order valence-corrected chi connectivity index (χ4v) is 1.14. The number of amides is 1. The van der Waals surface area contributed by atoms with Crippen LogP contribution < -0.4 is 5.32 Å². The van der Waals surface area contributed by atoms with E-state index >= 15 is 0 Å². The van der Waals surface area contributed by atoms with Gasteiger partial charge in [-0.15, -0.1) is 0 Å². The molecule has 1 rings (SSSR count). The Kier molecular flexibility index (Phi) is 4.65. The van der Waals surface area contributed by atoms with Crippen molar-refractivity contribution in [3.63, 3.8) is 0 Å². The number of carbonyl (C=O) groups excluding carboxylic acids is 1. The molecule has 0 atom stereocenters. The summed E-state index contributed by atoms with van der Waals surface area (Å²) in [5.74, 6) is -1.88. The Bertz CT molecular complexity index is 459. The maximum atomic E-state index is 13.4. The predicted molar refractivity (Wildman–Crippen MR) is 63.2 cm³/mol. The molecule has 1 amide bonds. The molecule has 1 aromatic carbocycles. The molecule has 0 aliphatic rings. The Balaban J connectivity index is 2.68. The number of carboxylic acid groups (broad SMARTS) is 1. The van der Waals surface area contributed by atoms with E-state index in [4.69, 9.17) is 9.84 Å². The highest BCUT2D eigenvalue weighted by Gasteiger charge is 2.11. The first-order chi connectivity index (χ1) is 8.40. The molecule has 0 aromatic heterocycles. The first kappa shape index (κ1) is 14.0. The van der Waals surface area contributed by atoms with Crippen molar-refractivity contribution >= 4 is 17.7 Å². The first-order valence-corrected chi connectivity index (χ1v) is 5.36. The van der Waals surface area contributed by atoms with Gasteiger partial charge in [-0.1, -0.05) is 13.8 Å². The summed E-state index contributed by atoms with van der Waals surface area (Å²) in [6.07, 6.45) is -0.773. The number of anilines is 1. The number of carbonyl (C=O) groups is 2. The first-order valence-electron chi connectivity index (χ1n) is 5.36. The third-order valence-corrected chi connectivity index (χ3v) is 2.00. The molecule has 0 aliphatic carbocycles. The van der Waals surface area contributed by atoms with Crippen LogP contribution in [-0.4, -0.2) is 23.8 Å². The third kappa shape index (κ3) is 4.04. The minimum Gasteiger partial charge on any atom is -0.478 e. The van der Waals surface area contributed by atoms with E-state index in [2.05, 4.69) is 5.32 Å². The molecule has 0 fully saturated rings. The summed E-state index contributed by atoms with van der Waals surface area (Å²) in [4.78, 5) is 21.9. The Labute approximate surface area is 104 Å². The van der Waals surface area contributed by atoms with Gasteiger partial charge in [0.2, 0.25) is 0 Å². The highest BCUT2D eigenvalue weighted by atomic mass is 19.1. The number of benzene rings is 1. The molecule has 0 saturated heterocycles. The number of rotatable bonds is 4. The molecule has 2 N–H and O–H groups in total. The van der Waals surface area contributed by atoms with Gasteiger partial charge in [-0.05, 0) is 24.1 Å². The van der Waals surface area contributed by atoms with Crippen LogP contribution in [0.1, 0.15) is 24.2 Å². The van der Waals surface area contributed by atoms with Crippen molar-refractivity contribution in [1.82, 2.24) is 0 Å². The zero-order valence-corrected chi connectivity index (χ0v) is 10.1. The van der Waals surface area contributed by atoms with Gasteiger partial charge in [0.25, 0.3) is 0 Å². The standard InChI is InChI=1S/C12H14FNO4/c1-7(2)6-18-12(17)14-10-4-3-8(11(15)16)5-9(10)13/h3-5,7H,6H2,1-2H3,(H,14,17)(H,15,16). The van der Waals surface area contributed by atoms with Crippen molar-refractivity contribution in [1.29, 1.82) is 0 Å². The van der Waals surface area contributed by atoms with Crippen LogP contribution in [0.5, 0.6) is 0 Å². The average molecular weight is 255 g/mol. The summed E-state index contributed by atoms with van der Waals surface area (Å²) in [5.41, 5.74) is -0.303. The lowest BCUT2D eigenvalue weighted by atomic mass is 10.2. The Morgan fingerprint density at radius 3 is 2.61 bits per heavy atom. The van der Waals surface area contributed by atoms with Crippen molar-refractivity contribution < 1.29 is 23.8 Å². The zero-order valence-electron chi connectivity index (χ0n) is 10.1. The van der Waals surface area contributed by atoms with Gasteiger partial charge in [0, 0.05) is 0 Å². The van der Waals surface area contributed by atoms with Gasteiger partial charge >= 0.3 is 12.1 Å². The minimum absolute atomic E-state index is 0.117. The maximum Gasteiger partial charge on any atom is 0.411 e. The Morgan fingerprint density at radius 1 is 1.44 bits per heavy atom. The Hall–Kier alpha value is -2.11. The van der Waals surface area contributed by atoms with Gasteiger partial charge in [0.1, 0.15) is 5.82 Å². The topological polar surface area (TPSA) is 75.6 Å². The quantitative estimate of drug-likeness (QED) is 0.867. The fraction of sp³-hybridized carbons (Fsp3) is 0.333. The van der Waals surface area contributed by atoms with Crippen molar-refractivity contribution in [2.24, 2.45) is 5.92 Å². The largest absolute Gasteiger partial charge is 0.478 e. The molecule has 0 heterocycles. The molecule has 0 aliphatic heterocycles. The van der Waals surface area contributed by atoms with E-state index in [1.54, 1.807) is 0 Å². The van der Waals surface area contributed by atoms with E-state index in [0.29, 0.717) is 0 Å². The maximum absolute atomic E-state index is 13.4. The second-order valence-electron chi connectivity index (χ2n) is 4.12. The molecule has 0 radical (unpaired) electrons. The molecule has 1 aromatic rings. The second kappa shape index (κ2) is 6.00. The number of nitrogens with one attached hydrogen (secondary N) is 1. The van der Waals surface area contributed by atoms with Crippen LogP contribution in [0.4, 0.5) is 14.9 Å². The van der Waals surface area contributed by atoms with E-state index in [1.807, 2.05) is 13.8 Å². The second-order valence-corrected chi connectivity index (χ2v) is 4.12. The molecule has 18 heavy (non-hydrogen) atoms. The summed E-state index contributed by atoms with van der Waals surface area (Å²) in [6.45, 7) is 3.96. The molecule has 0 saturated carbocycles. The van der Waals surface area contributed by atoms with Crippen LogP contribution in [-0.2, 0) is 4.74 Å². The van der Waals surface area contributed by atoms with Crippen LogP contribution >= 0.6 is 0 Å². The van der Waals surface area contributed by atoms with Crippen molar-refractivity contribution in [2.75, 3.05) is 11.9 Å². The number of halogens is 1. The minimum atomic E-state index is -1.23. The summed E-state index contributed by atoms with van der Waals surface area (Å²) in [7, 11) is 0. The molecule has 5 nitrogen and oxygen atoms in total. The smallest absolute Gasteiger partial charge is 0.411 e. The molecule has 0 spiro atoms. The van der Waals surface area contributed by atoms with Crippen molar-refractivity contribution in [3.8, 4) is 0 Å². The number of hydrogen-bond donors (Lipinski definition) is 2. The van der Waals surface area contributed by atoms with E-state index in [9.17, 15) is 14.0 Å². The molecule has 0 unspecified atom stereocenters. The number of ether oxygens (including phenoxy) is 1. The highest BCUT2D eigenvalue weighted by Crippen LogP contribution is 2.16. The number of hydrogen-bond acceptors (Lipinski definition) is 3. The number of carboxylic acids is 1. The van der Waals surface area contributed by atoms with E-state index in [0.717, 1.165) is 6.07 Å². The van der Waals surface area contributed by atoms with Crippen LogP contribution in [0, 0.1) is 11.7 Å². The zero-order chi connectivity index (χ0) is 13.7. The fourth-order valence-electron chi connectivity index (χ4n) is 1.14. The van der Waals surface area contributed by atoms with Crippen LogP contribution in [0.25, 0.3) is 0 Å². The van der Waals surface area contributed by atoms with Gasteiger partial charge in [0.15, 0.2) is 0 Å². The lowest BCUT2D eigenvalue weighted by molar-refractivity contribution is 0.0696. The summed E-state index contributed by atoms with van der Waals surface area (Å²) < 4.78 is 18.2. The van der Waals surface area contributed by atoms with Crippen LogP contribution in [0.2, 0.25) is 0 Å². The number of aromatic carboxylic acids is 1. The third-order valence-electron chi connectivity index (χ3n) is 2.00. The van der Waals surface area contributed by atoms with Gasteiger partial charge in [0.05, 0.1) is 17.9 Å². The molecular weight excluding hydrogens is 241 g/mol. The lowest BCUT2D eigenvalue weighted by Crippen LogP contribution is -2.17. The van der Waals surface area contributed by atoms with E-state index in [1.165, 1.54) is 12.1 Å². The molecule has 98 valence electrons. The van der Waals surface area contributed by atoms with E-state index < -0.39 is 17.9 Å². The summed E-state index contributed by atoms with van der Waals surface area (Å²) in [5, 5.41) is 10.9.